The zero-order valence-corrected chi connectivity index (χ0v) is 15.8. The first-order valence-electron chi connectivity index (χ1n) is 9.82. The average molecular weight is 335 g/mol. The number of amides is 2. The summed E-state index contributed by atoms with van der Waals surface area (Å²) in [5, 5.41) is 0. The van der Waals surface area contributed by atoms with E-state index >= 15 is 0 Å². The van der Waals surface area contributed by atoms with Crippen molar-refractivity contribution in [3.8, 4) is 0 Å². The van der Waals surface area contributed by atoms with Crippen molar-refractivity contribution >= 4 is 11.8 Å². The van der Waals surface area contributed by atoms with Crippen LogP contribution in [-0.2, 0) is 9.59 Å². The van der Waals surface area contributed by atoms with E-state index in [1.54, 1.807) is 0 Å². The minimum Gasteiger partial charge on any atom is -0.343 e. The van der Waals surface area contributed by atoms with E-state index in [0.29, 0.717) is 30.1 Å². The quantitative estimate of drug-likeness (QED) is 0.793. The van der Waals surface area contributed by atoms with Gasteiger partial charge in [0.15, 0.2) is 0 Å². The molecule has 0 unspecified atom stereocenters. The van der Waals surface area contributed by atoms with Crippen LogP contribution in [0, 0.1) is 16.7 Å². The van der Waals surface area contributed by atoms with E-state index in [1.807, 2.05) is 0 Å². The highest BCUT2D eigenvalue weighted by Crippen LogP contribution is 2.42. The van der Waals surface area contributed by atoms with Gasteiger partial charge in [-0.05, 0) is 55.3 Å². The minimum absolute atomic E-state index is 0.0598. The van der Waals surface area contributed by atoms with Crippen molar-refractivity contribution in [2.75, 3.05) is 26.2 Å². The molecule has 1 aliphatic carbocycles. The highest BCUT2D eigenvalue weighted by molar-refractivity contribution is 5.77. The third-order valence-electron chi connectivity index (χ3n) is 6.17. The lowest BCUT2D eigenvalue weighted by Crippen LogP contribution is -2.44. The Labute approximate surface area is 146 Å². The topological polar surface area (TPSA) is 40.6 Å². The number of carbonyl (C=O) groups excluding carboxylic acids is 2. The second-order valence-corrected chi connectivity index (χ2v) is 9.65. The van der Waals surface area contributed by atoms with E-state index in [0.717, 1.165) is 57.8 Å². The number of hydrogen-bond donors (Lipinski definition) is 0. The molecule has 2 saturated heterocycles. The fourth-order valence-corrected chi connectivity index (χ4v) is 4.25. The molecule has 2 amide bonds. The lowest BCUT2D eigenvalue weighted by molar-refractivity contribution is -0.135. The molecule has 0 aromatic rings. The van der Waals surface area contributed by atoms with Crippen molar-refractivity contribution in [3.05, 3.63) is 0 Å². The monoisotopic (exact) mass is 334 g/mol. The third kappa shape index (κ3) is 4.52. The maximum Gasteiger partial charge on any atom is 0.223 e. The second-order valence-electron chi connectivity index (χ2n) is 9.65. The summed E-state index contributed by atoms with van der Waals surface area (Å²) in [6.07, 6.45) is 8.26. The van der Waals surface area contributed by atoms with Crippen molar-refractivity contribution < 1.29 is 9.59 Å². The normalized spacial score (nSPS) is 25.0. The molecule has 3 fully saturated rings. The highest BCUT2D eigenvalue weighted by atomic mass is 16.2. The molecule has 136 valence electrons. The van der Waals surface area contributed by atoms with E-state index in [9.17, 15) is 9.59 Å². The molecule has 24 heavy (non-hydrogen) atoms. The summed E-state index contributed by atoms with van der Waals surface area (Å²) in [5.41, 5.74) is 0.358. The molecule has 0 bridgehead atoms. The Morgan fingerprint density at radius 2 is 1.71 bits per heavy atom. The van der Waals surface area contributed by atoms with Crippen molar-refractivity contribution in [1.29, 1.82) is 0 Å². The first-order valence-corrected chi connectivity index (χ1v) is 9.82. The van der Waals surface area contributed by atoms with Gasteiger partial charge in [-0.15, -0.1) is 0 Å². The maximum absolute atomic E-state index is 12.4. The van der Waals surface area contributed by atoms with Gasteiger partial charge < -0.3 is 9.80 Å². The summed E-state index contributed by atoms with van der Waals surface area (Å²) in [4.78, 5) is 29.0. The van der Waals surface area contributed by atoms with Crippen LogP contribution in [0.4, 0.5) is 0 Å². The van der Waals surface area contributed by atoms with Gasteiger partial charge in [-0.25, -0.2) is 0 Å². The summed E-state index contributed by atoms with van der Waals surface area (Å²) < 4.78 is 0. The van der Waals surface area contributed by atoms with Crippen LogP contribution in [0.25, 0.3) is 0 Å². The summed E-state index contributed by atoms with van der Waals surface area (Å²) in [5.74, 6) is 1.45. The lowest BCUT2D eigenvalue weighted by atomic mass is 9.72. The zero-order valence-electron chi connectivity index (χ0n) is 15.8. The standard InChI is InChI=1S/C20H34N2O2/c1-19(2,3)14-18(24)21-11-8-20(9-12-21)7-6-17(23)22(13-10-20)15-16-4-5-16/h16H,4-15H2,1-3H3. The molecule has 0 aromatic heterocycles. The smallest absolute Gasteiger partial charge is 0.223 e. The van der Waals surface area contributed by atoms with Crippen LogP contribution in [-0.4, -0.2) is 47.8 Å². The summed E-state index contributed by atoms with van der Waals surface area (Å²) in [6, 6.07) is 0. The van der Waals surface area contributed by atoms with Crippen LogP contribution in [0.3, 0.4) is 0 Å². The van der Waals surface area contributed by atoms with Crippen LogP contribution in [0.1, 0.15) is 72.1 Å². The van der Waals surface area contributed by atoms with Gasteiger partial charge in [0, 0.05) is 39.0 Å². The van der Waals surface area contributed by atoms with Gasteiger partial charge >= 0.3 is 0 Å². The summed E-state index contributed by atoms with van der Waals surface area (Å²) in [7, 11) is 0. The number of carbonyl (C=O) groups is 2. The molecule has 4 heteroatoms. The van der Waals surface area contributed by atoms with Gasteiger partial charge in [0.25, 0.3) is 0 Å². The molecule has 3 aliphatic rings. The maximum atomic E-state index is 12.4. The fourth-order valence-electron chi connectivity index (χ4n) is 4.25. The largest absolute Gasteiger partial charge is 0.343 e. The first-order chi connectivity index (χ1) is 11.3. The molecular formula is C20H34N2O2. The molecule has 1 spiro atoms. The number of hydrogen-bond acceptors (Lipinski definition) is 2. The van der Waals surface area contributed by atoms with Gasteiger partial charge in [0.1, 0.15) is 0 Å². The Balaban J connectivity index is 1.53. The molecule has 1 saturated carbocycles. The molecule has 0 atom stereocenters. The summed E-state index contributed by atoms with van der Waals surface area (Å²) in [6.45, 7) is 10.1. The lowest BCUT2D eigenvalue weighted by Gasteiger charge is -2.42. The van der Waals surface area contributed by atoms with Gasteiger partial charge in [0.2, 0.25) is 11.8 Å². The molecule has 2 aliphatic heterocycles. The van der Waals surface area contributed by atoms with E-state index in [1.165, 1.54) is 12.8 Å². The van der Waals surface area contributed by atoms with Gasteiger partial charge in [-0.1, -0.05) is 20.8 Å². The van der Waals surface area contributed by atoms with E-state index in [4.69, 9.17) is 0 Å². The van der Waals surface area contributed by atoms with Crippen LogP contribution in [0.15, 0.2) is 0 Å². The van der Waals surface area contributed by atoms with Crippen molar-refractivity contribution in [2.45, 2.75) is 72.1 Å². The SMILES string of the molecule is CC(C)(C)CC(=O)N1CCC2(CCC(=O)N(CC3CC3)CC2)CC1. The molecule has 4 nitrogen and oxygen atoms in total. The molecular weight excluding hydrogens is 300 g/mol. The van der Waals surface area contributed by atoms with Crippen molar-refractivity contribution in [2.24, 2.45) is 16.7 Å². The molecule has 0 aromatic carbocycles. The Hall–Kier alpha value is -1.06. The summed E-state index contributed by atoms with van der Waals surface area (Å²) >= 11 is 0. The van der Waals surface area contributed by atoms with Crippen molar-refractivity contribution in [1.82, 2.24) is 9.80 Å². The average Bonchev–Trinajstić information content (AvgIpc) is 3.32. The van der Waals surface area contributed by atoms with Crippen LogP contribution in [0.5, 0.6) is 0 Å². The highest BCUT2D eigenvalue weighted by Gasteiger charge is 2.40. The van der Waals surface area contributed by atoms with Gasteiger partial charge in [-0.3, -0.25) is 9.59 Å². The van der Waals surface area contributed by atoms with Crippen molar-refractivity contribution in [3.63, 3.8) is 0 Å². The number of nitrogens with zero attached hydrogens (tertiary/aromatic N) is 2. The molecule has 3 rings (SSSR count). The Morgan fingerprint density at radius 1 is 1.08 bits per heavy atom. The van der Waals surface area contributed by atoms with E-state index < -0.39 is 0 Å². The number of rotatable bonds is 3. The second kappa shape index (κ2) is 6.68. The van der Waals surface area contributed by atoms with Crippen LogP contribution < -0.4 is 0 Å². The first kappa shape index (κ1) is 17.8. The Morgan fingerprint density at radius 3 is 2.29 bits per heavy atom. The Bertz CT molecular complexity index is 482. The minimum atomic E-state index is 0.0598. The Kier molecular flexibility index (Phi) is 4.94. The van der Waals surface area contributed by atoms with E-state index in [-0.39, 0.29) is 5.41 Å². The molecule has 0 radical (unpaired) electrons. The predicted octanol–water partition coefficient (Wildman–Crippen LogP) is 3.45. The molecule has 2 heterocycles. The fraction of sp³-hybridized carbons (Fsp3) is 0.900. The van der Waals surface area contributed by atoms with Gasteiger partial charge in [-0.2, -0.15) is 0 Å². The number of piperidine rings is 1. The molecule has 0 N–H and O–H groups in total. The van der Waals surface area contributed by atoms with Crippen LogP contribution >= 0.6 is 0 Å². The predicted molar refractivity (Wildman–Crippen MR) is 95.5 cm³/mol. The zero-order chi connectivity index (χ0) is 17.4. The van der Waals surface area contributed by atoms with Crippen LogP contribution in [0.2, 0.25) is 0 Å². The number of likely N-dealkylation sites (tertiary alicyclic amines) is 2. The third-order valence-corrected chi connectivity index (χ3v) is 6.17. The van der Waals surface area contributed by atoms with Gasteiger partial charge in [0.05, 0.1) is 0 Å². The van der Waals surface area contributed by atoms with E-state index in [2.05, 4.69) is 30.6 Å².